The van der Waals surface area contributed by atoms with Crippen LogP contribution in [-0.4, -0.2) is 16.8 Å². The van der Waals surface area contributed by atoms with Gasteiger partial charge in [-0.2, -0.15) is 0 Å². The van der Waals surface area contributed by atoms with E-state index in [1.54, 1.807) is 12.1 Å². The first kappa shape index (κ1) is 11.0. The quantitative estimate of drug-likeness (QED) is 0.782. The van der Waals surface area contributed by atoms with Crippen molar-refractivity contribution >= 4 is 31.9 Å². The van der Waals surface area contributed by atoms with Gasteiger partial charge in [0.15, 0.2) is 0 Å². The molecule has 0 aliphatic heterocycles. The molecule has 0 aromatic heterocycles. The highest BCUT2D eigenvalue weighted by Crippen LogP contribution is 2.34. The van der Waals surface area contributed by atoms with Crippen molar-refractivity contribution in [2.45, 2.75) is 6.04 Å². The third-order valence-corrected chi connectivity index (χ3v) is 2.72. The van der Waals surface area contributed by atoms with Crippen LogP contribution in [0.15, 0.2) is 21.1 Å². The molecule has 3 nitrogen and oxygen atoms in total. The Morgan fingerprint density at radius 1 is 1.38 bits per heavy atom. The van der Waals surface area contributed by atoms with Gasteiger partial charge in [-0.1, -0.05) is 15.9 Å². The zero-order valence-electron chi connectivity index (χ0n) is 6.67. The highest BCUT2D eigenvalue weighted by molar-refractivity contribution is 9.11. The van der Waals surface area contributed by atoms with E-state index < -0.39 is 6.04 Å². The molecular formula is C8H9Br2NO2. The van der Waals surface area contributed by atoms with Crippen molar-refractivity contribution in [1.82, 2.24) is 0 Å². The smallest absolute Gasteiger partial charge is 0.134 e. The number of aliphatic hydroxyl groups is 1. The van der Waals surface area contributed by atoms with E-state index in [4.69, 9.17) is 10.8 Å². The third-order valence-electron chi connectivity index (χ3n) is 1.65. The molecule has 0 saturated heterocycles. The second-order valence-electron chi connectivity index (χ2n) is 2.61. The number of rotatable bonds is 2. The van der Waals surface area contributed by atoms with Crippen molar-refractivity contribution in [2.24, 2.45) is 5.73 Å². The Labute approximate surface area is 92.8 Å². The van der Waals surface area contributed by atoms with E-state index in [9.17, 15) is 5.11 Å². The number of halogens is 2. The summed E-state index contributed by atoms with van der Waals surface area (Å²) in [7, 11) is 0. The summed E-state index contributed by atoms with van der Waals surface area (Å²) in [6.45, 7) is -0.198. The first-order valence-corrected chi connectivity index (χ1v) is 5.19. The minimum Gasteiger partial charge on any atom is -0.506 e. The van der Waals surface area contributed by atoms with Gasteiger partial charge in [0.2, 0.25) is 0 Å². The molecule has 72 valence electrons. The second-order valence-corrected chi connectivity index (χ2v) is 4.38. The van der Waals surface area contributed by atoms with Gasteiger partial charge < -0.3 is 15.9 Å². The van der Waals surface area contributed by atoms with Crippen LogP contribution in [0.4, 0.5) is 0 Å². The number of aromatic hydroxyl groups is 1. The molecule has 1 atom stereocenters. The van der Waals surface area contributed by atoms with Crippen LogP contribution in [-0.2, 0) is 0 Å². The number of hydrogen-bond acceptors (Lipinski definition) is 3. The average Bonchev–Trinajstić information content (AvgIpc) is 2.10. The maximum atomic E-state index is 9.56. The van der Waals surface area contributed by atoms with Crippen LogP contribution >= 0.6 is 31.9 Å². The molecule has 0 radical (unpaired) electrons. The Morgan fingerprint density at radius 2 is 2.00 bits per heavy atom. The van der Waals surface area contributed by atoms with Gasteiger partial charge in [-0.15, -0.1) is 0 Å². The number of nitrogens with two attached hydrogens (primary N) is 1. The lowest BCUT2D eigenvalue weighted by Crippen LogP contribution is -2.14. The van der Waals surface area contributed by atoms with Gasteiger partial charge in [-0.05, 0) is 28.1 Å². The molecular weight excluding hydrogens is 302 g/mol. The summed E-state index contributed by atoms with van der Waals surface area (Å²) in [5.41, 5.74) is 6.10. The zero-order valence-corrected chi connectivity index (χ0v) is 9.84. The Balaban J connectivity index is 3.20. The number of benzene rings is 1. The molecule has 0 spiro atoms. The van der Waals surface area contributed by atoms with Crippen LogP contribution in [0, 0.1) is 0 Å². The predicted octanol–water partition coefficient (Wildman–Crippen LogP) is 1.91. The van der Waals surface area contributed by atoms with Gasteiger partial charge in [-0.25, -0.2) is 0 Å². The molecule has 0 aliphatic carbocycles. The predicted molar refractivity (Wildman–Crippen MR) is 57.5 cm³/mol. The molecule has 1 rings (SSSR count). The zero-order chi connectivity index (χ0) is 10.0. The highest BCUT2D eigenvalue weighted by Gasteiger charge is 2.13. The van der Waals surface area contributed by atoms with Crippen molar-refractivity contribution in [2.75, 3.05) is 6.61 Å². The lowest BCUT2D eigenvalue weighted by atomic mass is 10.1. The maximum Gasteiger partial charge on any atom is 0.134 e. The van der Waals surface area contributed by atoms with Crippen molar-refractivity contribution in [3.05, 3.63) is 26.6 Å². The van der Waals surface area contributed by atoms with Crippen molar-refractivity contribution in [3.8, 4) is 5.75 Å². The topological polar surface area (TPSA) is 66.5 Å². The van der Waals surface area contributed by atoms with Gasteiger partial charge in [0.1, 0.15) is 5.75 Å². The largest absolute Gasteiger partial charge is 0.506 e. The monoisotopic (exact) mass is 309 g/mol. The summed E-state index contributed by atoms with van der Waals surface area (Å²) in [5, 5.41) is 18.4. The van der Waals surface area contributed by atoms with Crippen LogP contribution in [0.2, 0.25) is 0 Å². The Hall–Kier alpha value is -0.100. The summed E-state index contributed by atoms with van der Waals surface area (Å²) in [6.07, 6.45) is 0. The van der Waals surface area contributed by atoms with Crippen LogP contribution in [0.5, 0.6) is 5.75 Å². The first-order chi connectivity index (χ1) is 6.06. The SMILES string of the molecule is N[C@@H](CO)c1cc(Br)cc(Br)c1O. The first-order valence-electron chi connectivity index (χ1n) is 3.60. The number of phenolic OH excluding ortho intramolecular Hbond substituents is 1. The molecule has 13 heavy (non-hydrogen) atoms. The molecule has 5 heteroatoms. The fourth-order valence-corrected chi connectivity index (χ4v) is 2.23. The van der Waals surface area contributed by atoms with E-state index in [2.05, 4.69) is 31.9 Å². The van der Waals surface area contributed by atoms with E-state index in [0.29, 0.717) is 10.0 Å². The molecule has 0 aliphatic rings. The van der Waals surface area contributed by atoms with E-state index in [-0.39, 0.29) is 12.4 Å². The minimum atomic E-state index is -0.561. The average molecular weight is 311 g/mol. The van der Waals surface area contributed by atoms with Crippen LogP contribution in [0.3, 0.4) is 0 Å². The minimum absolute atomic E-state index is 0.0738. The summed E-state index contributed by atoms with van der Waals surface area (Å²) >= 11 is 6.44. The van der Waals surface area contributed by atoms with Crippen molar-refractivity contribution in [1.29, 1.82) is 0 Å². The van der Waals surface area contributed by atoms with Crippen LogP contribution in [0.1, 0.15) is 11.6 Å². The van der Waals surface area contributed by atoms with Gasteiger partial charge in [0, 0.05) is 10.0 Å². The molecule has 4 N–H and O–H groups in total. The van der Waals surface area contributed by atoms with Crippen LogP contribution < -0.4 is 5.73 Å². The third kappa shape index (κ3) is 2.43. The Kier molecular flexibility index (Phi) is 3.73. The van der Waals surface area contributed by atoms with Gasteiger partial charge in [0.05, 0.1) is 17.1 Å². The molecule has 0 fully saturated rings. The van der Waals surface area contributed by atoms with Crippen molar-refractivity contribution < 1.29 is 10.2 Å². The summed E-state index contributed by atoms with van der Waals surface area (Å²) in [4.78, 5) is 0. The van der Waals surface area contributed by atoms with Crippen LogP contribution in [0.25, 0.3) is 0 Å². The molecule has 0 heterocycles. The Bertz CT molecular complexity index is 317. The van der Waals surface area contributed by atoms with E-state index in [1.165, 1.54) is 0 Å². The molecule has 1 aromatic rings. The summed E-state index contributed by atoms with van der Waals surface area (Å²) in [6, 6.07) is 2.83. The summed E-state index contributed by atoms with van der Waals surface area (Å²) in [5.74, 6) is 0.0738. The van der Waals surface area contributed by atoms with Gasteiger partial charge in [-0.3, -0.25) is 0 Å². The lowest BCUT2D eigenvalue weighted by molar-refractivity contribution is 0.265. The Morgan fingerprint density at radius 3 is 2.54 bits per heavy atom. The maximum absolute atomic E-state index is 9.56. The van der Waals surface area contributed by atoms with E-state index in [0.717, 1.165) is 4.47 Å². The van der Waals surface area contributed by atoms with E-state index >= 15 is 0 Å². The van der Waals surface area contributed by atoms with Crippen molar-refractivity contribution in [3.63, 3.8) is 0 Å². The van der Waals surface area contributed by atoms with Gasteiger partial charge in [0.25, 0.3) is 0 Å². The standard InChI is InChI=1S/C8H9Br2NO2/c9-4-1-5(7(11)3-12)8(13)6(10)2-4/h1-2,7,12-13H,3,11H2/t7-/m0/s1. The number of aliphatic hydroxyl groups excluding tert-OH is 1. The normalized spacial score (nSPS) is 12.9. The second kappa shape index (κ2) is 4.41. The molecule has 1 aromatic carbocycles. The highest BCUT2D eigenvalue weighted by atomic mass is 79.9. The molecule has 0 unspecified atom stereocenters. The van der Waals surface area contributed by atoms with Gasteiger partial charge >= 0.3 is 0 Å². The fourth-order valence-electron chi connectivity index (χ4n) is 0.967. The fraction of sp³-hybridized carbons (Fsp3) is 0.250. The lowest BCUT2D eigenvalue weighted by Gasteiger charge is -2.12. The molecule has 0 bridgehead atoms. The molecule has 0 amide bonds. The van der Waals surface area contributed by atoms with E-state index in [1.807, 2.05) is 0 Å². The number of hydrogen-bond donors (Lipinski definition) is 3. The summed E-state index contributed by atoms with van der Waals surface area (Å²) < 4.78 is 1.36. The molecule has 0 saturated carbocycles. The number of phenols is 1.